The summed E-state index contributed by atoms with van der Waals surface area (Å²) in [5.41, 5.74) is 4.03. The molecule has 0 aliphatic heterocycles. The molecule has 2 amide bonds. The summed E-state index contributed by atoms with van der Waals surface area (Å²) in [6.07, 6.45) is 2.58. The molecule has 0 saturated carbocycles. The molecule has 0 unspecified atom stereocenters. The Morgan fingerprint density at radius 3 is 2.53 bits per heavy atom. The number of nitrogens with one attached hydrogen (secondary N) is 2. The van der Waals surface area contributed by atoms with Crippen LogP contribution in [0.5, 0.6) is 0 Å². The first-order valence-corrected chi connectivity index (χ1v) is 9.82. The Balaban J connectivity index is 1.60. The number of nitrogens with zero attached hydrogens (tertiary/aromatic N) is 1. The second-order valence-electron chi connectivity index (χ2n) is 7.03. The van der Waals surface area contributed by atoms with Crippen molar-refractivity contribution in [1.29, 1.82) is 0 Å². The topological polar surface area (TPSA) is 108 Å². The predicted octanol–water partition coefficient (Wildman–Crippen LogP) is 3.44. The summed E-state index contributed by atoms with van der Waals surface area (Å²) in [7, 11) is 0. The molecule has 3 N–H and O–H groups in total. The van der Waals surface area contributed by atoms with Crippen molar-refractivity contribution in [2.75, 3.05) is 11.9 Å². The fraction of sp³-hybridized carbons (Fsp3) is 0.182. The van der Waals surface area contributed by atoms with E-state index in [-0.39, 0.29) is 5.91 Å². The van der Waals surface area contributed by atoms with E-state index in [4.69, 9.17) is 16.7 Å². The van der Waals surface area contributed by atoms with Gasteiger partial charge in [-0.3, -0.25) is 19.4 Å². The lowest BCUT2D eigenvalue weighted by atomic mass is 10.0. The van der Waals surface area contributed by atoms with Crippen LogP contribution in [-0.4, -0.2) is 34.4 Å². The number of anilines is 1. The Bertz CT molecular complexity index is 1180. The van der Waals surface area contributed by atoms with E-state index in [9.17, 15) is 14.4 Å². The van der Waals surface area contributed by atoms with Crippen LogP contribution in [-0.2, 0) is 17.6 Å². The quantitative estimate of drug-likeness (QED) is 0.582. The number of aliphatic carboxylic acids is 1. The van der Waals surface area contributed by atoms with Crippen molar-refractivity contribution < 1.29 is 19.5 Å². The number of aromatic nitrogens is 1. The molecule has 0 bridgehead atoms. The third-order valence-corrected chi connectivity index (χ3v) is 5.24. The summed E-state index contributed by atoms with van der Waals surface area (Å²) in [4.78, 5) is 40.3. The van der Waals surface area contributed by atoms with E-state index in [0.29, 0.717) is 27.2 Å². The molecule has 3 aromatic rings. The number of benzene rings is 2. The van der Waals surface area contributed by atoms with Gasteiger partial charge in [-0.2, -0.15) is 0 Å². The molecule has 1 aliphatic rings. The van der Waals surface area contributed by atoms with Crippen molar-refractivity contribution in [2.24, 2.45) is 0 Å². The smallest absolute Gasteiger partial charge is 0.322 e. The first kappa shape index (κ1) is 19.8. The van der Waals surface area contributed by atoms with Crippen LogP contribution < -0.4 is 10.6 Å². The lowest BCUT2D eigenvalue weighted by Gasteiger charge is -2.13. The fourth-order valence-electron chi connectivity index (χ4n) is 3.65. The number of aryl methyl sites for hydroxylation is 1. The van der Waals surface area contributed by atoms with Gasteiger partial charge in [0, 0.05) is 27.4 Å². The highest BCUT2D eigenvalue weighted by atomic mass is 35.5. The molecule has 0 saturated heterocycles. The van der Waals surface area contributed by atoms with Gasteiger partial charge < -0.3 is 15.7 Å². The molecule has 7 nitrogen and oxygen atoms in total. The van der Waals surface area contributed by atoms with Crippen molar-refractivity contribution in [2.45, 2.75) is 19.3 Å². The molecule has 0 fully saturated rings. The predicted molar refractivity (Wildman–Crippen MR) is 113 cm³/mol. The van der Waals surface area contributed by atoms with E-state index in [0.717, 1.165) is 36.0 Å². The molecule has 8 heteroatoms. The summed E-state index contributed by atoms with van der Waals surface area (Å²) in [5, 5.41) is 15.1. The summed E-state index contributed by atoms with van der Waals surface area (Å²) in [6.45, 7) is -0.458. The number of halogens is 1. The van der Waals surface area contributed by atoms with Crippen LogP contribution in [0.4, 0.5) is 5.69 Å². The van der Waals surface area contributed by atoms with Crippen molar-refractivity contribution in [3.05, 3.63) is 69.9 Å². The van der Waals surface area contributed by atoms with Gasteiger partial charge in [-0.15, -0.1) is 0 Å². The lowest BCUT2D eigenvalue weighted by molar-refractivity contribution is -0.135. The molecule has 30 heavy (non-hydrogen) atoms. The minimum atomic E-state index is -1.12. The number of hydrogen-bond donors (Lipinski definition) is 3. The summed E-state index contributed by atoms with van der Waals surface area (Å²) < 4.78 is 0. The van der Waals surface area contributed by atoms with Crippen molar-refractivity contribution >= 4 is 46.0 Å². The average molecular weight is 424 g/mol. The normalized spacial score (nSPS) is 12.4. The molecule has 0 spiro atoms. The number of carbonyl (C=O) groups excluding carboxylic acids is 2. The molecule has 1 heterocycles. The minimum Gasteiger partial charge on any atom is -0.480 e. The van der Waals surface area contributed by atoms with Gasteiger partial charge >= 0.3 is 5.97 Å². The highest BCUT2D eigenvalue weighted by Gasteiger charge is 2.24. The number of rotatable bonds is 5. The number of carboxylic acid groups (broad SMARTS) is 1. The Hall–Kier alpha value is -3.45. The van der Waals surface area contributed by atoms with Gasteiger partial charge in [0.15, 0.2) is 0 Å². The largest absolute Gasteiger partial charge is 0.480 e. The molecular weight excluding hydrogens is 406 g/mol. The number of amides is 2. The van der Waals surface area contributed by atoms with Crippen LogP contribution in [0.2, 0.25) is 5.02 Å². The van der Waals surface area contributed by atoms with Gasteiger partial charge in [0.1, 0.15) is 6.54 Å². The molecule has 1 aliphatic carbocycles. The zero-order valence-electron chi connectivity index (χ0n) is 15.9. The van der Waals surface area contributed by atoms with Gasteiger partial charge in [0.05, 0.1) is 11.1 Å². The Morgan fingerprint density at radius 2 is 1.80 bits per heavy atom. The summed E-state index contributed by atoms with van der Waals surface area (Å²) >= 11 is 6.16. The Labute approximate surface area is 177 Å². The number of carbonyl (C=O) groups is 3. The number of carboxylic acids is 1. The van der Waals surface area contributed by atoms with Gasteiger partial charge in [0.25, 0.3) is 11.8 Å². The number of hydrogen-bond acceptors (Lipinski definition) is 4. The standard InChI is InChI=1S/C22H18ClN3O4/c23-13-6-9-18-16(10-13)20(15-2-1-3-17(15)26-18)22(30)25-14-7-4-12(5-8-14)21(29)24-11-19(27)28/h4-10H,1-3,11H2,(H,24,29)(H,25,30)(H,27,28). The monoisotopic (exact) mass is 423 g/mol. The van der Waals surface area contributed by atoms with E-state index in [1.807, 2.05) is 6.07 Å². The van der Waals surface area contributed by atoms with E-state index in [1.165, 1.54) is 12.1 Å². The molecule has 0 radical (unpaired) electrons. The van der Waals surface area contributed by atoms with Gasteiger partial charge in [-0.25, -0.2) is 0 Å². The number of pyridine rings is 1. The van der Waals surface area contributed by atoms with Crippen molar-refractivity contribution in [3.8, 4) is 0 Å². The van der Waals surface area contributed by atoms with Crippen molar-refractivity contribution in [3.63, 3.8) is 0 Å². The second-order valence-corrected chi connectivity index (χ2v) is 7.47. The van der Waals surface area contributed by atoms with Gasteiger partial charge in [-0.1, -0.05) is 11.6 Å². The number of fused-ring (bicyclic) bond motifs is 2. The average Bonchev–Trinajstić information content (AvgIpc) is 3.18. The first-order valence-electron chi connectivity index (χ1n) is 9.45. The lowest BCUT2D eigenvalue weighted by Crippen LogP contribution is -2.29. The maximum absolute atomic E-state index is 13.2. The van der Waals surface area contributed by atoms with Crippen LogP contribution in [0.15, 0.2) is 42.5 Å². The molecule has 2 aromatic carbocycles. The molecule has 0 atom stereocenters. The molecule has 1 aromatic heterocycles. The maximum Gasteiger partial charge on any atom is 0.322 e. The fourth-order valence-corrected chi connectivity index (χ4v) is 3.82. The second kappa shape index (κ2) is 8.12. The van der Waals surface area contributed by atoms with Crippen LogP contribution >= 0.6 is 11.6 Å². The van der Waals surface area contributed by atoms with Crippen LogP contribution in [0.3, 0.4) is 0 Å². The minimum absolute atomic E-state index is 0.258. The SMILES string of the molecule is O=C(O)CNC(=O)c1ccc(NC(=O)c2c3c(nc4ccc(Cl)cc24)CCC3)cc1. The zero-order chi connectivity index (χ0) is 21.3. The van der Waals surface area contributed by atoms with Gasteiger partial charge in [0.2, 0.25) is 0 Å². The third kappa shape index (κ3) is 3.97. The van der Waals surface area contributed by atoms with E-state index < -0.39 is 18.4 Å². The van der Waals surface area contributed by atoms with Crippen molar-refractivity contribution in [1.82, 2.24) is 10.3 Å². The molecule has 4 rings (SSSR count). The Kier molecular flexibility index (Phi) is 5.37. The van der Waals surface area contributed by atoms with Gasteiger partial charge in [-0.05, 0) is 67.3 Å². The van der Waals surface area contributed by atoms with Crippen LogP contribution in [0.1, 0.15) is 38.4 Å². The zero-order valence-corrected chi connectivity index (χ0v) is 16.6. The molecular formula is C22H18ClN3O4. The Morgan fingerprint density at radius 1 is 1.03 bits per heavy atom. The van der Waals surface area contributed by atoms with Crippen LogP contribution in [0.25, 0.3) is 10.9 Å². The third-order valence-electron chi connectivity index (χ3n) is 5.01. The highest BCUT2D eigenvalue weighted by molar-refractivity contribution is 6.31. The van der Waals surface area contributed by atoms with E-state index in [2.05, 4.69) is 15.6 Å². The summed E-state index contributed by atoms with van der Waals surface area (Å²) in [5.74, 6) is -1.88. The molecule has 152 valence electrons. The van der Waals surface area contributed by atoms with E-state index >= 15 is 0 Å². The maximum atomic E-state index is 13.2. The summed E-state index contributed by atoms with van der Waals surface area (Å²) in [6, 6.07) is 11.6. The van der Waals surface area contributed by atoms with E-state index in [1.54, 1.807) is 24.3 Å². The van der Waals surface area contributed by atoms with Crippen LogP contribution in [0, 0.1) is 0 Å². The first-order chi connectivity index (χ1) is 14.4. The highest BCUT2D eigenvalue weighted by Crippen LogP contribution is 2.32.